The maximum Gasteiger partial charge on any atom is 1.00 e. The summed E-state index contributed by atoms with van der Waals surface area (Å²) in [6.07, 6.45) is 1.47. The summed E-state index contributed by atoms with van der Waals surface area (Å²) in [5.74, 6) is 0.307. The van der Waals surface area contributed by atoms with Crippen molar-refractivity contribution >= 4 is 21.8 Å². The van der Waals surface area contributed by atoms with Gasteiger partial charge in [-0.05, 0) is 26.0 Å². The van der Waals surface area contributed by atoms with E-state index >= 15 is 0 Å². The smallest absolute Gasteiger partial charge is 1.00 e. The minimum atomic E-state index is -2.61. The predicted octanol–water partition coefficient (Wildman–Crippen LogP) is 0.0162. The standard InChI is InChI=1S/C17H19N3O3S.Na.H/c1-10-8-18-15(11(2)16(10)23-4)9-24(21)17-19-13-6-5-12(22-3)7-14(13)20-17;;/h5-8H,9H2,1-4H3,(H,19,20);;/q;+1;-1/t24-;;/m0../s1/i3D3,4D3;;. The van der Waals surface area contributed by atoms with Gasteiger partial charge in [0.2, 0.25) is 0 Å². The SMILES string of the molecule is [2H]C([2H])([2H])Oc1ccc2nc([S@@](=O)Cc3ncc(C)c(OC([2H])([2H])[2H])c3C)[nH]c2c1.[H-].[Na+]. The molecule has 0 aliphatic rings. The minimum absolute atomic E-state index is 0. The van der Waals surface area contributed by atoms with Crippen LogP contribution in [-0.4, -0.2) is 33.2 Å². The molecule has 1 atom stereocenters. The summed E-state index contributed by atoms with van der Waals surface area (Å²) < 4.78 is 66.2. The number of fused-ring (bicyclic) bond motifs is 1. The largest absolute Gasteiger partial charge is 1.00 e. The van der Waals surface area contributed by atoms with Crippen LogP contribution >= 0.6 is 0 Å². The summed E-state index contributed by atoms with van der Waals surface area (Å²) in [6, 6.07) is 4.49. The Hall–Kier alpha value is -1.41. The van der Waals surface area contributed by atoms with Crippen molar-refractivity contribution < 1.29 is 52.9 Å². The average molecular weight is 375 g/mol. The van der Waals surface area contributed by atoms with E-state index < -0.39 is 24.9 Å². The number of nitrogens with one attached hydrogen (secondary N) is 1. The molecule has 0 unspecified atom stereocenters. The van der Waals surface area contributed by atoms with Crippen molar-refractivity contribution in [3.63, 3.8) is 0 Å². The van der Waals surface area contributed by atoms with Gasteiger partial charge in [0.05, 0.1) is 55.6 Å². The third kappa shape index (κ3) is 4.06. The number of H-pyrrole nitrogens is 1. The first-order valence-electron chi connectivity index (χ1n) is 10.0. The summed E-state index contributed by atoms with van der Waals surface area (Å²) in [6.45, 7) is 3.34. The average Bonchev–Trinajstić information content (AvgIpc) is 3.02. The van der Waals surface area contributed by atoms with Crippen LogP contribution in [0.5, 0.6) is 11.5 Å². The van der Waals surface area contributed by atoms with Crippen LogP contribution in [0.15, 0.2) is 29.6 Å². The monoisotopic (exact) mass is 375 g/mol. The zero-order chi connectivity index (χ0) is 22.3. The van der Waals surface area contributed by atoms with Crippen molar-refractivity contribution in [2.45, 2.75) is 24.8 Å². The van der Waals surface area contributed by atoms with E-state index in [4.69, 9.17) is 17.7 Å². The Kier molecular flexibility index (Phi) is 4.28. The summed E-state index contributed by atoms with van der Waals surface area (Å²) in [4.78, 5) is 11.4. The number of aromatic amines is 1. The van der Waals surface area contributed by atoms with Crippen LogP contribution in [0, 0.1) is 13.8 Å². The number of pyridine rings is 1. The van der Waals surface area contributed by atoms with E-state index in [-0.39, 0.29) is 53.4 Å². The number of hydrogen-bond acceptors (Lipinski definition) is 5. The molecule has 1 aromatic carbocycles. The first kappa shape index (κ1) is 12.9. The van der Waals surface area contributed by atoms with Gasteiger partial charge in [0, 0.05) is 23.4 Å². The zero-order valence-electron chi connectivity index (χ0n) is 21.0. The maximum absolute atomic E-state index is 12.8. The zero-order valence-corrected chi connectivity index (χ0v) is 16.9. The topological polar surface area (TPSA) is 77.1 Å². The van der Waals surface area contributed by atoms with Crippen molar-refractivity contribution in [2.24, 2.45) is 0 Å². The van der Waals surface area contributed by atoms with E-state index in [2.05, 4.69) is 15.0 Å². The molecule has 0 spiro atoms. The summed E-state index contributed by atoms with van der Waals surface area (Å²) >= 11 is 0. The summed E-state index contributed by atoms with van der Waals surface area (Å²) in [5, 5.41) is 0.177. The van der Waals surface area contributed by atoms with Gasteiger partial charge < -0.3 is 15.9 Å². The molecule has 1 N–H and O–H groups in total. The van der Waals surface area contributed by atoms with Crippen LogP contribution in [0.4, 0.5) is 0 Å². The van der Waals surface area contributed by atoms with E-state index in [1.165, 1.54) is 18.3 Å². The number of aryl methyl sites for hydroxylation is 1. The fourth-order valence-corrected chi connectivity index (χ4v) is 3.49. The second kappa shape index (κ2) is 8.31. The van der Waals surface area contributed by atoms with Crippen molar-refractivity contribution in [1.82, 2.24) is 15.0 Å². The molecule has 0 amide bonds. The third-order valence-corrected chi connectivity index (χ3v) is 4.84. The van der Waals surface area contributed by atoms with Crippen LogP contribution < -0.4 is 39.0 Å². The number of ether oxygens (including phenoxy) is 2. The molecule has 3 rings (SSSR count). The number of rotatable bonds is 5. The van der Waals surface area contributed by atoms with E-state index in [0.29, 0.717) is 27.9 Å². The molecule has 8 heteroatoms. The molecular formula is C17H20N3NaO3S. The van der Waals surface area contributed by atoms with E-state index in [1.54, 1.807) is 19.9 Å². The maximum atomic E-state index is 12.8. The van der Waals surface area contributed by atoms with Crippen LogP contribution in [0.2, 0.25) is 0 Å². The Morgan fingerprint density at radius 3 is 2.88 bits per heavy atom. The molecule has 6 nitrogen and oxygen atoms in total. The van der Waals surface area contributed by atoms with Gasteiger partial charge in [-0.2, -0.15) is 0 Å². The Morgan fingerprint density at radius 2 is 2.12 bits per heavy atom. The van der Waals surface area contributed by atoms with Crippen molar-refractivity contribution in [2.75, 3.05) is 14.1 Å². The van der Waals surface area contributed by atoms with Crippen molar-refractivity contribution in [1.29, 1.82) is 0 Å². The number of benzene rings is 1. The normalized spacial score (nSPS) is 16.4. The Bertz CT molecular complexity index is 1120. The van der Waals surface area contributed by atoms with Gasteiger partial charge in [0.25, 0.3) is 0 Å². The van der Waals surface area contributed by atoms with E-state index in [1.807, 2.05) is 0 Å². The molecule has 0 aliphatic carbocycles. The third-order valence-electron chi connectivity index (χ3n) is 3.68. The molecule has 0 saturated carbocycles. The summed E-state index contributed by atoms with van der Waals surface area (Å²) in [7, 11) is -6.81. The van der Waals surface area contributed by atoms with Gasteiger partial charge in [0.1, 0.15) is 11.5 Å². The van der Waals surface area contributed by atoms with Crippen LogP contribution in [0.3, 0.4) is 0 Å². The Balaban J connectivity index is 0.00000256. The fourth-order valence-electron chi connectivity index (χ4n) is 2.39. The quantitative estimate of drug-likeness (QED) is 0.636. The molecule has 2 heterocycles. The molecule has 25 heavy (non-hydrogen) atoms. The molecule has 0 fully saturated rings. The number of hydrogen-bond donors (Lipinski definition) is 1. The number of aromatic nitrogens is 3. The molecule has 0 bridgehead atoms. The minimum Gasteiger partial charge on any atom is -1.00 e. The van der Waals surface area contributed by atoms with Crippen molar-refractivity contribution in [3.8, 4) is 11.5 Å². The predicted molar refractivity (Wildman–Crippen MR) is 94.1 cm³/mol. The van der Waals surface area contributed by atoms with Gasteiger partial charge in [-0.25, -0.2) is 4.98 Å². The van der Waals surface area contributed by atoms with E-state index in [0.717, 1.165) is 0 Å². The van der Waals surface area contributed by atoms with Gasteiger partial charge in [-0.1, -0.05) is 0 Å². The second-order valence-electron chi connectivity index (χ2n) is 5.26. The molecule has 0 radical (unpaired) electrons. The van der Waals surface area contributed by atoms with Crippen molar-refractivity contribution in [3.05, 3.63) is 41.2 Å². The molecule has 2 aromatic heterocycles. The molecule has 0 saturated heterocycles. The summed E-state index contributed by atoms with van der Waals surface area (Å²) in [5.41, 5.74) is 2.44. The van der Waals surface area contributed by atoms with Gasteiger partial charge in [-0.15, -0.1) is 0 Å². The van der Waals surface area contributed by atoms with Crippen LogP contribution in [0.25, 0.3) is 11.0 Å². The number of methoxy groups -OCH3 is 2. The Morgan fingerprint density at radius 1 is 1.32 bits per heavy atom. The van der Waals surface area contributed by atoms with Crippen LogP contribution in [0.1, 0.15) is 26.5 Å². The van der Waals surface area contributed by atoms with Gasteiger partial charge in [-0.3, -0.25) is 9.19 Å². The fraction of sp³-hybridized carbons (Fsp3) is 0.294. The molecule has 3 aromatic rings. The number of nitrogens with zero attached hydrogens (tertiary/aromatic N) is 2. The molecule has 128 valence electrons. The van der Waals surface area contributed by atoms with Gasteiger partial charge in [0.15, 0.2) is 5.16 Å². The van der Waals surface area contributed by atoms with Gasteiger partial charge >= 0.3 is 29.6 Å². The molecular weight excluding hydrogens is 349 g/mol. The first-order valence-corrected chi connectivity index (χ1v) is 8.35. The number of imidazole rings is 1. The first-order chi connectivity index (χ1) is 13.8. The van der Waals surface area contributed by atoms with E-state index in [9.17, 15) is 4.21 Å². The Labute approximate surface area is 181 Å². The molecule has 0 aliphatic heterocycles. The second-order valence-corrected chi connectivity index (χ2v) is 6.62. The van der Waals surface area contributed by atoms with Crippen LogP contribution in [-0.2, 0) is 16.6 Å².